The molecule has 0 saturated heterocycles. The van der Waals surface area contributed by atoms with Crippen LogP contribution < -0.4 is 5.73 Å². The lowest BCUT2D eigenvalue weighted by molar-refractivity contribution is -0.181. The van der Waals surface area contributed by atoms with Crippen molar-refractivity contribution in [1.82, 2.24) is 9.80 Å². The van der Waals surface area contributed by atoms with E-state index >= 15 is 13.2 Å². The monoisotopic (exact) mass is 671 g/mol. The number of aliphatic hydroxyl groups is 1. The highest BCUT2D eigenvalue weighted by Crippen LogP contribution is 2.53. The minimum absolute atomic E-state index is 0.202. The van der Waals surface area contributed by atoms with E-state index in [0.717, 1.165) is 11.6 Å². The molecule has 258 valence electrons. The fourth-order valence-electron chi connectivity index (χ4n) is 8.28. The van der Waals surface area contributed by atoms with Gasteiger partial charge in [0.1, 0.15) is 5.75 Å². The van der Waals surface area contributed by atoms with Crippen molar-refractivity contribution in [1.29, 1.82) is 0 Å². The number of phenols is 1. The molecule has 2 aromatic rings. The highest BCUT2D eigenvalue weighted by Gasteiger charge is 2.69. The van der Waals surface area contributed by atoms with Crippen molar-refractivity contribution >= 4 is 29.0 Å². The van der Waals surface area contributed by atoms with Crippen LogP contribution in [0.15, 0.2) is 36.4 Å². The van der Waals surface area contributed by atoms with Crippen LogP contribution in [0.5, 0.6) is 5.75 Å². The number of likely N-dealkylation sites (N-methyl/N-ethyl adjacent to an activating group) is 2. The summed E-state index contributed by atoms with van der Waals surface area (Å²) < 4.78 is 45.0. The van der Waals surface area contributed by atoms with Crippen molar-refractivity contribution in [3.05, 3.63) is 64.2 Å². The Bertz CT molecular complexity index is 1690. The Labute approximate surface area is 276 Å². The zero-order chi connectivity index (χ0) is 35.7. The molecule has 3 aliphatic rings. The molecule has 0 aliphatic heterocycles. The van der Waals surface area contributed by atoms with Gasteiger partial charge in [-0.05, 0) is 62.2 Å². The van der Waals surface area contributed by atoms with Gasteiger partial charge in [-0.3, -0.25) is 33.8 Å². The molecule has 6 atom stereocenters. The van der Waals surface area contributed by atoms with Crippen molar-refractivity contribution in [2.45, 2.75) is 63.4 Å². The number of nitrogens with zero attached hydrogens (tertiary/aromatic N) is 2. The largest absolute Gasteiger partial charge is 0.507 e. The Morgan fingerprint density at radius 3 is 2.23 bits per heavy atom. The number of aromatic hydroxyl groups is 1. The number of ketones is 4. The second-order valence-corrected chi connectivity index (χ2v) is 14.1. The number of hydrogen-bond donors (Lipinski definition) is 3. The quantitative estimate of drug-likeness (QED) is 0.359. The number of carbonyl (C=O) groups excluding carboxylic acids is 5. The number of rotatable bonds is 8. The SMILES string of the molecule is CCN(Cc1cc(O)c2c(c1C(F)(F)F)C[C@H]1C[C@H]3[C@H](N(C)C)C(=O)C(C(N)=O)C(=O)[C@@]3(O)C(=O)C1C2=O)CC(C)(C)c1ccccc1. The topological polar surface area (TPSA) is 158 Å². The van der Waals surface area contributed by atoms with E-state index in [0.29, 0.717) is 13.1 Å². The van der Waals surface area contributed by atoms with Gasteiger partial charge in [0.15, 0.2) is 34.7 Å². The van der Waals surface area contributed by atoms with Gasteiger partial charge >= 0.3 is 6.18 Å². The van der Waals surface area contributed by atoms with Gasteiger partial charge in [-0.15, -0.1) is 0 Å². The van der Waals surface area contributed by atoms with Crippen molar-refractivity contribution in [3.63, 3.8) is 0 Å². The maximum atomic E-state index is 15.0. The summed E-state index contributed by atoms with van der Waals surface area (Å²) in [7, 11) is 2.86. The molecule has 4 N–H and O–H groups in total. The van der Waals surface area contributed by atoms with E-state index in [2.05, 4.69) is 0 Å². The Hall–Kier alpha value is -3.94. The molecule has 0 radical (unpaired) electrons. The number of fused-ring (bicyclic) bond motifs is 3. The maximum Gasteiger partial charge on any atom is 0.417 e. The molecule has 48 heavy (non-hydrogen) atoms. The van der Waals surface area contributed by atoms with Crippen LogP contribution in [0.1, 0.15) is 59.8 Å². The van der Waals surface area contributed by atoms with Crippen molar-refractivity contribution in [2.24, 2.45) is 29.4 Å². The minimum atomic E-state index is -4.95. The van der Waals surface area contributed by atoms with Crippen LogP contribution in [0.3, 0.4) is 0 Å². The predicted molar refractivity (Wildman–Crippen MR) is 167 cm³/mol. The van der Waals surface area contributed by atoms with Crippen LogP contribution in [0.25, 0.3) is 0 Å². The lowest BCUT2D eigenvalue weighted by Gasteiger charge is -2.52. The van der Waals surface area contributed by atoms with E-state index in [-0.39, 0.29) is 18.5 Å². The Balaban J connectivity index is 1.59. The zero-order valence-corrected chi connectivity index (χ0v) is 27.4. The van der Waals surface area contributed by atoms with E-state index in [4.69, 9.17) is 5.73 Å². The predicted octanol–water partition coefficient (Wildman–Crippen LogP) is 2.69. The Kier molecular flexibility index (Phi) is 8.98. The summed E-state index contributed by atoms with van der Waals surface area (Å²) in [4.78, 5) is 70.0. The average Bonchev–Trinajstić information content (AvgIpc) is 2.97. The molecule has 2 saturated carbocycles. The van der Waals surface area contributed by atoms with E-state index in [1.54, 1.807) is 0 Å². The summed E-state index contributed by atoms with van der Waals surface area (Å²) in [5.41, 5.74) is 0.423. The van der Waals surface area contributed by atoms with Crippen molar-refractivity contribution < 1.29 is 47.4 Å². The van der Waals surface area contributed by atoms with Crippen LogP contribution in [0, 0.1) is 23.7 Å². The van der Waals surface area contributed by atoms with Crippen LogP contribution in [0.2, 0.25) is 0 Å². The fraction of sp³-hybridized carbons (Fsp3) is 0.514. The molecule has 13 heteroatoms. The third-order valence-corrected chi connectivity index (χ3v) is 10.4. The smallest absolute Gasteiger partial charge is 0.417 e. The van der Waals surface area contributed by atoms with Gasteiger partial charge in [0.2, 0.25) is 5.91 Å². The first-order valence-corrected chi connectivity index (χ1v) is 15.8. The van der Waals surface area contributed by atoms with Crippen LogP contribution in [0.4, 0.5) is 13.2 Å². The summed E-state index contributed by atoms with van der Waals surface area (Å²) in [6.45, 7) is 6.32. The standard InChI is InChI=1S/C35H40F3N3O7/c1-6-41(16-33(2,3)19-10-8-7-9-11-19)15-18-14-22(42)24-20(26(18)35(36,37)38)12-17-13-21-27(40(4)5)29(44)25(32(39)47)31(46)34(21,48)30(45)23(17)28(24)43/h7-11,14,17,21,23,25,27,42,48H,6,12-13,15-16H2,1-5H3,(H2,39,47)/t17-,21-,23?,25?,27-,34-/m0/s1. The first-order valence-electron chi connectivity index (χ1n) is 15.8. The molecule has 1 amide bonds. The van der Waals surface area contributed by atoms with E-state index in [1.807, 2.05) is 56.0 Å². The third-order valence-electron chi connectivity index (χ3n) is 10.4. The summed E-state index contributed by atoms with van der Waals surface area (Å²) in [6.07, 6.45) is -5.78. The second kappa shape index (κ2) is 12.2. The van der Waals surface area contributed by atoms with Crippen LogP contribution in [-0.4, -0.2) is 87.9 Å². The number of primary amides is 1. The number of amides is 1. The number of halogens is 3. The summed E-state index contributed by atoms with van der Waals surface area (Å²) in [5.74, 6) is -13.5. The molecule has 2 fully saturated rings. The van der Waals surface area contributed by atoms with Gasteiger partial charge in [0, 0.05) is 24.4 Å². The van der Waals surface area contributed by atoms with E-state index in [1.165, 1.54) is 19.0 Å². The Morgan fingerprint density at radius 1 is 1.06 bits per heavy atom. The molecule has 2 aromatic carbocycles. The number of phenolic OH excluding ortho intramolecular Hbond substituents is 1. The van der Waals surface area contributed by atoms with Gasteiger partial charge in [0.25, 0.3) is 0 Å². The number of Topliss-reactive ketones (excluding diaryl/α,β-unsaturated/α-hetero) is 4. The molecule has 3 aliphatic carbocycles. The van der Waals surface area contributed by atoms with Crippen LogP contribution >= 0.6 is 0 Å². The second-order valence-electron chi connectivity index (χ2n) is 14.1. The minimum Gasteiger partial charge on any atom is -0.507 e. The summed E-state index contributed by atoms with van der Waals surface area (Å²) in [6, 6.07) is 9.06. The first kappa shape index (κ1) is 35.4. The lowest BCUT2D eigenvalue weighted by atomic mass is 9.52. The zero-order valence-electron chi connectivity index (χ0n) is 27.4. The highest BCUT2D eigenvalue weighted by atomic mass is 19.4. The van der Waals surface area contributed by atoms with Gasteiger partial charge < -0.3 is 15.9 Å². The molecule has 10 nitrogen and oxygen atoms in total. The van der Waals surface area contributed by atoms with Gasteiger partial charge in [0.05, 0.1) is 23.1 Å². The average molecular weight is 672 g/mol. The summed E-state index contributed by atoms with van der Waals surface area (Å²) in [5, 5.41) is 22.8. The molecular weight excluding hydrogens is 631 g/mol. The van der Waals surface area contributed by atoms with E-state index < -0.39 is 105 Å². The van der Waals surface area contributed by atoms with Crippen LogP contribution in [-0.2, 0) is 43.7 Å². The number of carbonyl (C=O) groups is 5. The van der Waals surface area contributed by atoms with Gasteiger partial charge in [-0.25, -0.2) is 0 Å². The maximum absolute atomic E-state index is 15.0. The number of alkyl halides is 3. The Morgan fingerprint density at radius 2 is 1.69 bits per heavy atom. The number of benzene rings is 2. The number of hydrogen-bond acceptors (Lipinski definition) is 9. The first-order chi connectivity index (χ1) is 22.3. The molecule has 2 unspecified atom stereocenters. The molecule has 0 heterocycles. The molecule has 0 bridgehead atoms. The van der Waals surface area contributed by atoms with Gasteiger partial charge in [-0.2, -0.15) is 13.2 Å². The third kappa shape index (κ3) is 5.55. The fourth-order valence-corrected chi connectivity index (χ4v) is 8.28. The van der Waals surface area contributed by atoms with E-state index in [9.17, 15) is 34.2 Å². The van der Waals surface area contributed by atoms with Crippen molar-refractivity contribution in [2.75, 3.05) is 27.2 Å². The normalized spacial score (nSPS) is 27.6. The van der Waals surface area contributed by atoms with Gasteiger partial charge in [-0.1, -0.05) is 51.1 Å². The molecule has 0 spiro atoms. The number of nitrogens with two attached hydrogens (primary N) is 1. The molecule has 5 rings (SSSR count). The molecular formula is C35H40F3N3O7. The summed E-state index contributed by atoms with van der Waals surface area (Å²) >= 11 is 0. The highest BCUT2D eigenvalue weighted by molar-refractivity contribution is 6.32. The van der Waals surface area contributed by atoms with Crippen molar-refractivity contribution in [3.8, 4) is 5.75 Å². The molecule has 0 aromatic heterocycles. The lowest BCUT2D eigenvalue weighted by Crippen LogP contribution is -2.74.